The van der Waals surface area contributed by atoms with E-state index in [0.717, 1.165) is 32.0 Å². The molecule has 14 heavy (non-hydrogen) atoms. The van der Waals surface area contributed by atoms with E-state index in [1.807, 2.05) is 4.90 Å². The van der Waals surface area contributed by atoms with Gasteiger partial charge >= 0.3 is 6.03 Å². The lowest BCUT2D eigenvalue weighted by molar-refractivity contribution is 0.165. The van der Waals surface area contributed by atoms with Crippen LogP contribution in [0.25, 0.3) is 0 Å². The Morgan fingerprint density at radius 1 is 1.21 bits per heavy atom. The monoisotopic (exact) mass is 195 g/mol. The fraction of sp³-hybridized carbons (Fsp3) is 0.909. The van der Waals surface area contributed by atoms with E-state index < -0.39 is 0 Å². The molecule has 1 aliphatic heterocycles. The molecule has 3 heteroatoms. The van der Waals surface area contributed by atoms with E-state index in [0.29, 0.717) is 0 Å². The highest BCUT2D eigenvalue weighted by Crippen LogP contribution is 2.24. The SMILES string of the molecule is O=C1[N]CCCN1CC1CCCCC1. The van der Waals surface area contributed by atoms with Gasteiger partial charge in [-0.2, -0.15) is 0 Å². The van der Waals surface area contributed by atoms with Gasteiger partial charge < -0.3 is 4.90 Å². The summed E-state index contributed by atoms with van der Waals surface area (Å²) in [5.41, 5.74) is 0. The zero-order valence-corrected chi connectivity index (χ0v) is 8.74. The molecule has 0 aromatic rings. The Kier molecular flexibility index (Phi) is 3.27. The van der Waals surface area contributed by atoms with Crippen molar-refractivity contribution >= 4 is 6.03 Å². The minimum atomic E-state index is 0.0295. The van der Waals surface area contributed by atoms with Gasteiger partial charge in [-0.15, -0.1) is 0 Å². The molecular formula is C11H19N2O. The van der Waals surface area contributed by atoms with Crippen molar-refractivity contribution in [3.8, 4) is 0 Å². The van der Waals surface area contributed by atoms with Crippen molar-refractivity contribution in [1.82, 2.24) is 10.2 Å². The maximum absolute atomic E-state index is 11.4. The van der Waals surface area contributed by atoms with Crippen LogP contribution in [0.5, 0.6) is 0 Å². The van der Waals surface area contributed by atoms with Gasteiger partial charge in [0.05, 0.1) is 0 Å². The molecule has 0 N–H and O–H groups in total. The molecule has 1 radical (unpaired) electrons. The first-order chi connectivity index (χ1) is 6.86. The minimum absolute atomic E-state index is 0.0295. The van der Waals surface area contributed by atoms with Gasteiger partial charge in [-0.25, -0.2) is 10.1 Å². The molecule has 2 aliphatic rings. The highest BCUT2D eigenvalue weighted by Gasteiger charge is 2.23. The van der Waals surface area contributed by atoms with Gasteiger partial charge in [0, 0.05) is 19.6 Å². The third-order valence-corrected chi connectivity index (χ3v) is 3.31. The fourth-order valence-corrected chi connectivity index (χ4v) is 2.48. The lowest BCUT2D eigenvalue weighted by atomic mass is 9.89. The fourth-order valence-electron chi connectivity index (χ4n) is 2.48. The summed E-state index contributed by atoms with van der Waals surface area (Å²) in [5.74, 6) is 0.751. The molecule has 2 amide bonds. The largest absolute Gasteiger partial charge is 0.338 e. The standard InChI is InChI=1S/C11H19N2O/c14-11-12-7-4-8-13(11)9-10-5-2-1-3-6-10/h10H,1-9H2. The van der Waals surface area contributed by atoms with Crippen LogP contribution in [0.3, 0.4) is 0 Å². The van der Waals surface area contributed by atoms with Crippen molar-refractivity contribution < 1.29 is 4.79 Å². The van der Waals surface area contributed by atoms with E-state index in [9.17, 15) is 4.79 Å². The molecule has 79 valence electrons. The van der Waals surface area contributed by atoms with Gasteiger partial charge in [0.1, 0.15) is 0 Å². The molecule has 0 unspecified atom stereocenters. The highest BCUT2D eigenvalue weighted by atomic mass is 16.2. The molecule has 3 nitrogen and oxygen atoms in total. The Morgan fingerprint density at radius 3 is 2.71 bits per heavy atom. The van der Waals surface area contributed by atoms with Crippen molar-refractivity contribution in [3.05, 3.63) is 0 Å². The Morgan fingerprint density at radius 2 is 2.00 bits per heavy atom. The third kappa shape index (κ3) is 2.40. The molecule has 0 aromatic carbocycles. The van der Waals surface area contributed by atoms with Crippen LogP contribution in [0.1, 0.15) is 38.5 Å². The van der Waals surface area contributed by atoms with E-state index in [2.05, 4.69) is 5.32 Å². The quantitative estimate of drug-likeness (QED) is 0.663. The molecule has 0 atom stereocenters. The normalized spacial score (nSPS) is 24.9. The van der Waals surface area contributed by atoms with Crippen LogP contribution in [-0.2, 0) is 0 Å². The first-order valence-corrected chi connectivity index (χ1v) is 5.82. The van der Waals surface area contributed by atoms with E-state index in [1.165, 1.54) is 32.1 Å². The van der Waals surface area contributed by atoms with Crippen LogP contribution in [0.4, 0.5) is 4.79 Å². The highest BCUT2D eigenvalue weighted by molar-refractivity contribution is 5.74. The summed E-state index contributed by atoms with van der Waals surface area (Å²) in [7, 11) is 0. The number of carbonyl (C=O) groups excluding carboxylic acids is 1. The number of rotatable bonds is 2. The Balaban J connectivity index is 1.79. The van der Waals surface area contributed by atoms with Gasteiger partial charge in [-0.05, 0) is 25.2 Å². The molecule has 0 aromatic heterocycles. The molecule has 1 aliphatic carbocycles. The molecular weight excluding hydrogens is 176 g/mol. The smallest absolute Gasteiger partial charge is 0.323 e. The van der Waals surface area contributed by atoms with Crippen LogP contribution in [0, 0.1) is 5.92 Å². The Hall–Kier alpha value is -0.730. The maximum Gasteiger partial charge on any atom is 0.338 e. The van der Waals surface area contributed by atoms with Gasteiger partial charge in [-0.1, -0.05) is 19.3 Å². The van der Waals surface area contributed by atoms with Crippen molar-refractivity contribution in [2.45, 2.75) is 38.5 Å². The predicted octanol–water partition coefficient (Wildman–Crippen LogP) is 2.00. The van der Waals surface area contributed by atoms with Crippen LogP contribution >= 0.6 is 0 Å². The van der Waals surface area contributed by atoms with Crippen LogP contribution in [0.2, 0.25) is 0 Å². The predicted molar refractivity (Wildman–Crippen MR) is 55.2 cm³/mol. The number of carbonyl (C=O) groups is 1. The number of urea groups is 1. The second-order valence-electron chi connectivity index (χ2n) is 4.47. The number of nitrogens with zero attached hydrogens (tertiary/aromatic N) is 2. The molecule has 2 rings (SSSR count). The van der Waals surface area contributed by atoms with E-state index in [1.54, 1.807) is 0 Å². The summed E-state index contributed by atoms with van der Waals surface area (Å²) < 4.78 is 0. The summed E-state index contributed by atoms with van der Waals surface area (Å²) in [5, 5.41) is 3.96. The van der Waals surface area contributed by atoms with Gasteiger partial charge in [0.2, 0.25) is 0 Å². The molecule has 0 spiro atoms. The van der Waals surface area contributed by atoms with Crippen LogP contribution < -0.4 is 5.32 Å². The lowest BCUT2D eigenvalue weighted by Crippen LogP contribution is -2.44. The third-order valence-electron chi connectivity index (χ3n) is 3.31. The topological polar surface area (TPSA) is 34.4 Å². The van der Waals surface area contributed by atoms with Crippen molar-refractivity contribution in [3.63, 3.8) is 0 Å². The summed E-state index contributed by atoms with van der Waals surface area (Å²) >= 11 is 0. The second-order valence-corrected chi connectivity index (χ2v) is 4.47. The average molecular weight is 195 g/mol. The first kappa shape index (κ1) is 9.81. The summed E-state index contributed by atoms with van der Waals surface area (Å²) in [6.45, 7) is 2.63. The van der Waals surface area contributed by atoms with E-state index in [-0.39, 0.29) is 6.03 Å². The first-order valence-electron chi connectivity index (χ1n) is 5.82. The number of hydrogen-bond donors (Lipinski definition) is 0. The van der Waals surface area contributed by atoms with Gasteiger partial charge in [0.25, 0.3) is 0 Å². The van der Waals surface area contributed by atoms with Crippen LogP contribution in [0.15, 0.2) is 0 Å². The molecule has 1 saturated carbocycles. The summed E-state index contributed by atoms with van der Waals surface area (Å²) in [6.07, 6.45) is 7.76. The molecule has 2 fully saturated rings. The van der Waals surface area contributed by atoms with Gasteiger partial charge in [0.15, 0.2) is 0 Å². The average Bonchev–Trinajstić information content (AvgIpc) is 2.23. The molecule has 1 heterocycles. The number of amides is 2. The zero-order chi connectivity index (χ0) is 9.80. The molecule has 0 bridgehead atoms. The Labute approximate surface area is 85.8 Å². The lowest BCUT2D eigenvalue weighted by Gasteiger charge is -2.31. The summed E-state index contributed by atoms with van der Waals surface area (Å²) in [4.78, 5) is 13.4. The van der Waals surface area contributed by atoms with E-state index >= 15 is 0 Å². The second kappa shape index (κ2) is 4.67. The van der Waals surface area contributed by atoms with Crippen molar-refractivity contribution in [1.29, 1.82) is 0 Å². The van der Waals surface area contributed by atoms with Crippen molar-refractivity contribution in [2.75, 3.05) is 19.6 Å². The summed E-state index contributed by atoms with van der Waals surface area (Å²) in [6, 6.07) is 0.0295. The van der Waals surface area contributed by atoms with E-state index in [4.69, 9.17) is 0 Å². The minimum Gasteiger partial charge on any atom is -0.323 e. The van der Waals surface area contributed by atoms with Crippen LogP contribution in [-0.4, -0.2) is 30.6 Å². The zero-order valence-electron chi connectivity index (χ0n) is 8.74. The number of hydrogen-bond acceptors (Lipinski definition) is 1. The molecule has 1 saturated heterocycles. The Bertz CT molecular complexity index is 199. The van der Waals surface area contributed by atoms with Gasteiger partial charge in [-0.3, -0.25) is 0 Å². The van der Waals surface area contributed by atoms with Crippen molar-refractivity contribution in [2.24, 2.45) is 5.92 Å². The maximum atomic E-state index is 11.4.